The Morgan fingerprint density at radius 1 is 0.730 bits per heavy atom. The molecule has 4 amide bonds. The SMILES string of the molecule is CCCC(C)N1CCC(N(Cc2cccc(C(C)CC(C)N3CCC(N(Cc4ccccc4)C(=O)Nc4ccc5c(c4)OC(F)(F)O5)CC3)c2)C(=O)Nc2ccc(F)c(Cl)c2)CC1. The Morgan fingerprint density at radius 2 is 1.29 bits per heavy atom. The van der Waals surface area contributed by atoms with E-state index in [0.717, 1.165) is 82.3 Å². The minimum atomic E-state index is -3.74. The Hall–Kier alpha value is -4.98. The van der Waals surface area contributed by atoms with Crippen molar-refractivity contribution in [3.05, 3.63) is 119 Å². The van der Waals surface area contributed by atoms with Crippen molar-refractivity contribution in [3.8, 4) is 11.5 Å². The first-order valence-electron chi connectivity index (χ1n) is 22.4. The normalized spacial score (nSPS) is 18.3. The summed E-state index contributed by atoms with van der Waals surface area (Å²) in [4.78, 5) is 36.7. The molecule has 14 heteroatoms. The maximum absolute atomic E-state index is 14.0. The van der Waals surface area contributed by atoms with Gasteiger partial charge in [-0.1, -0.05) is 86.5 Å². The lowest BCUT2D eigenvalue weighted by Crippen LogP contribution is -2.50. The number of benzene rings is 4. The first kappa shape index (κ1) is 46.0. The number of fused-ring (bicyclic) bond motifs is 1. The molecule has 2 fully saturated rings. The molecule has 10 nitrogen and oxygen atoms in total. The molecule has 3 atom stereocenters. The fourth-order valence-corrected chi connectivity index (χ4v) is 9.55. The minimum Gasteiger partial charge on any atom is -0.395 e. The average molecular weight is 890 g/mol. The van der Waals surface area contributed by atoms with Gasteiger partial charge >= 0.3 is 18.4 Å². The molecule has 0 saturated carbocycles. The number of alkyl halides is 2. The number of carbonyl (C=O) groups is 2. The maximum atomic E-state index is 14.0. The van der Waals surface area contributed by atoms with Gasteiger partial charge in [0.25, 0.3) is 0 Å². The summed E-state index contributed by atoms with van der Waals surface area (Å²) in [6.07, 6.45) is 2.76. The van der Waals surface area contributed by atoms with Gasteiger partial charge in [-0.05, 0) is 105 Å². The zero-order chi connectivity index (χ0) is 44.7. The van der Waals surface area contributed by atoms with Crippen molar-refractivity contribution in [1.29, 1.82) is 0 Å². The van der Waals surface area contributed by atoms with Crippen LogP contribution in [0.1, 0.15) is 95.2 Å². The van der Waals surface area contributed by atoms with E-state index in [1.165, 1.54) is 42.0 Å². The van der Waals surface area contributed by atoms with Crippen LogP contribution in [-0.4, -0.2) is 88.3 Å². The molecule has 3 aliphatic rings. The number of likely N-dealkylation sites (tertiary alicyclic amines) is 2. The number of rotatable bonds is 15. The molecule has 2 saturated heterocycles. The molecule has 0 aromatic heterocycles. The van der Waals surface area contributed by atoms with Crippen molar-refractivity contribution in [2.75, 3.05) is 36.8 Å². The summed E-state index contributed by atoms with van der Waals surface area (Å²) >= 11 is 6.07. The lowest BCUT2D eigenvalue weighted by atomic mass is 9.91. The van der Waals surface area contributed by atoms with Gasteiger partial charge < -0.3 is 39.7 Å². The Morgan fingerprint density at radius 3 is 1.90 bits per heavy atom. The molecule has 7 rings (SSSR count). The van der Waals surface area contributed by atoms with Gasteiger partial charge in [-0.2, -0.15) is 0 Å². The second-order valence-corrected chi connectivity index (χ2v) is 17.9. The highest BCUT2D eigenvalue weighted by Crippen LogP contribution is 2.42. The van der Waals surface area contributed by atoms with Crippen LogP contribution in [0.3, 0.4) is 0 Å². The van der Waals surface area contributed by atoms with E-state index >= 15 is 0 Å². The highest BCUT2D eigenvalue weighted by atomic mass is 35.5. The van der Waals surface area contributed by atoms with Crippen molar-refractivity contribution in [3.63, 3.8) is 0 Å². The number of hydrogen-bond acceptors (Lipinski definition) is 6. The molecule has 4 aromatic rings. The number of nitrogens with zero attached hydrogens (tertiary/aromatic N) is 4. The zero-order valence-electron chi connectivity index (χ0n) is 36.7. The number of urea groups is 2. The minimum absolute atomic E-state index is 0.0340. The van der Waals surface area contributed by atoms with Crippen molar-refractivity contribution in [2.24, 2.45) is 0 Å². The largest absolute Gasteiger partial charge is 0.586 e. The van der Waals surface area contributed by atoms with Crippen LogP contribution in [-0.2, 0) is 13.1 Å². The standard InChI is InChI=1S/C49H60ClF3N6O4/c1-5-10-34(3)56-23-19-42(20-24-56)59(47(60)54-39-15-17-44(51)43(50)29-39)32-37-13-9-14-38(28-37)33(2)27-35(4)57-25-21-41(22-26-57)58(31-36-11-7-6-8-12-36)48(61)55-40-16-18-45-46(30-40)63-49(52,53)62-45/h6-9,11-18,28-30,33-35,41-42H,5,10,19-27,31-32H2,1-4H3,(H,54,60)(H,55,61). The number of nitrogens with one attached hydrogen (secondary N) is 2. The molecular formula is C49H60ClF3N6O4. The van der Waals surface area contributed by atoms with Crippen LogP contribution in [0.15, 0.2) is 91.0 Å². The number of hydrogen-bond donors (Lipinski definition) is 2. The van der Waals surface area contributed by atoms with Crippen LogP contribution in [0.4, 0.5) is 34.1 Å². The monoisotopic (exact) mass is 888 g/mol. The second kappa shape index (κ2) is 20.7. The third-order valence-corrected chi connectivity index (χ3v) is 13.2. The van der Waals surface area contributed by atoms with Gasteiger partial charge in [0.05, 0.1) is 5.02 Å². The lowest BCUT2D eigenvalue weighted by Gasteiger charge is -2.41. The van der Waals surface area contributed by atoms with Crippen molar-refractivity contribution in [1.82, 2.24) is 19.6 Å². The van der Waals surface area contributed by atoms with Crippen molar-refractivity contribution < 1.29 is 32.2 Å². The fraction of sp³-hybridized carbons (Fsp3) is 0.469. The van der Waals surface area contributed by atoms with Gasteiger partial charge in [0, 0.05) is 80.9 Å². The van der Waals surface area contributed by atoms with E-state index < -0.39 is 12.1 Å². The van der Waals surface area contributed by atoms with Gasteiger partial charge in [0.1, 0.15) is 5.82 Å². The number of anilines is 2. The van der Waals surface area contributed by atoms with Gasteiger partial charge in [-0.15, -0.1) is 8.78 Å². The first-order chi connectivity index (χ1) is 30.2. The van der Waals surface area contributed by atoms with E-state index in [9.17, 15) is 22.8 Å². The quantitative estimate of drug-likeness (QED) is 0.124. The molecule has 0 bridgehead atoms. The average Bonchev–Trinajstić information content (AvgIpc) is 3.59. The molecule has 0 radical (unpaired) electrons. The van der Waals surface area contributed by atoms with Gasteiger partial charge in [-0.3, -0.25) is 0 Å². The van der Waals surface area contributed by atoms with E-state index in [-0.39, 0.29) is 52.6 Å². The highest BCUT2D eigenvalue weighted by molar-refractivity contribution is 6.31. The first-order valence-corrected chi connectivity index (χ1v) is 22.7. The molecular weight excluding hydrogens is 829 g/mol. The van der Waals surface area contributed by atoms with Gasteiger partial charge in [0.2, 0.25) is 0 Å². The Bertz CT molecular complexity index is 2170. The van der Waals surface area contributed by atoms with E-state index in [4.69, 9.17) is 11.6 Å². The van der Waals surface area contributed by atoms with Crippen LogP contribution >= 0.6 is 11.6 Å². The molecule has 3 heterocycles. The molecule has 0 spiro atoms. The number of ether oxygens (including phenoxy) is 2. The summed E-state index contributed by atoms with van der Waals surface area (Å²) < 4.78 is 50.5. The molecule has 2 N–H and O–H groups in total. The van der Waals surface area contributed by atoms with E-state index in [2.05, 4.69) is 81.9 Å². The summed E-state index contributed by atoms with van der Waals surface area (Å²) in [5.74, 6) is -0.496. The fourth-order valence-electron chi connectivity index (χ4n) is 9.37. The van der Waals surface area contributed by atoms with E-state index in [1.54, 1.807) is 0 Å². The zero-order valence-corrected chi connectivity index (χ0v) is 37.4. The van der Waals surface area contributed by atoms with Crippen LogP contribution in [0, 0.1) is 5.82 Å². The van der Waals surface area contributed by atoms with Gasteiger partial charge in [0.15, 0.2) is 11.5 Å². The molecule has 3 aliphatic heterocycles. The summed E-state index contributed by atoms with van der Waals surface area (Å²) in [6.45, 7) is 13.3. The highest BCUT2D eigenvalue weighted by Gasteiger charge is 2.43. The van der Waals surface area contributed by atoms with Gasteiger partial charge in [-0.25, -0.2) is 14.0 Å². The third kappa shape index (κ3) is 12.0. The van der Waals surface area contributed by atoms with Crippen molar-refractivity contribution in [2.45, 2.75) is 122 Å². The molecule has 63 heavy (non-hydrogen) atoms. The van der Waals surface area contributed by atoms with E-state index in [1.807, 2.05) is 40.1 Å². The number of carbonyl (C=O) groups excluding carboxylic acids is 2. The second-order valence-electron chi connectivity index (χ2n) is 17.5. The molecule has 338 valence electrons. The van der Waals surface area contributed by atoms with Crippen molar-refractivity contribution >= 4 is 35.0 Å². The summed E-state index contributed by atoms with van der Waals surface area (Å²) in [7, 11) is 0. The Labute approximate surface area is 374 Å². The van der Waals surface area contributed by atoms with Crippen LogP contribution in [0.2, 0.25) is 5.02 Å². The molecule has 3 unspecified atom stereocenters. The third-order valence-electron chi connectivity index (χ3n) is 12.9. The number of amides is 4. The molecule has 0 aliphatic carbocycles. The van der Waals surface area contributed by atoms with E-state index in [0.29, 0.717) is 30.5 Å². The topological polar surface area (TPSA) is 89.6 Å². The summed E-state index contributed by atoms with van der Waals surface area (Å²) in [5, 5.41) is 5.86. The Kier molecular flexibility index (Phi) is 15.1. The smallest absolute Gasteiger partial charge is 0.395 e. The predicted octanol–water partition coefficient (Wildman–Crippen LogP) is 11.6. The van der Waals surface area contributed by atoms with Crippen LogP contribution in [0.25, 0.3) is 0 Å². The summed E-state index contributed by atoms with van der Waals surface area (Å²) in [6, 6.07) is 27.1. The Balaban J connectivity index is 0.975. The lowest BCUT2D eigenvalue weighted by molar-refractivity contribution is -0.286. The maximum Gasteiger partial charge on any atom is 0.586 e. The van der Waals surface area contributed by atoms with Crippen LogP contribution < -0.4 is 20.1 Å². The summed E-state index contributed by atoms with van der Waals surface area (Å²) in [5.41, 5.74) is 4.05. The molecule has 4 aromatic carbocycles. The number of piperidine rings is 2. The predicted molar refractivity (Wildman–Crippen MR) is 242 cm³/mol. The van der Waals surface area contributed by atoms with Crippen LogP contribution in [0.5, 0.6) is 11.5 Å². The number of halogens is 4.